The first kappa shape index (κ1) is 17.3. The van der Waals surface area contributed by atoms with E-state index in [4.69, 9.17) is 4.74 Å². The van der Waals surface area contributed by atoms with E-state index >= 15 is 0 Å². The summed E-state index contributed by atoms with van der Waals surface area (Å²) in [6.07, 6.45) is -4.55. The molecule has 2 aliphatic heterocycles. The van der Waals surface area contributed by atoms with E-state index < -0.39 is 23.6 Å². The van der Waals surface area contributed by atoms with Gasteiger partial charge in [-0.25, -0.2) is 4.79 Å². The summed E-state index contributed by atoms with van der Waals surface area (Å²) in [6.45, 7) is -0.139. The number of rotatable bonds is 2. The van der Waals surface area contributed by atoms with Crippen molar-refractivity contribution < 1.29 is 27.5 Å². The van der Waals surface area contributed by atoms with Crippen molar-refractivity contribution in [3.63, 3.8) is 0 Å². The number of ether oxygens (including phenoxy) is 1. The van der Waals surface area contributed by atoms with E-state index in [0.717, 1.165) is 17.7 Å². The maximum absolute atomic E-state index is 13.1. The highest BCUT2D eigenvalue weighted by Crippen LogP contribution is 2.42. The van der Waals surface area contributed by atoms with Gasteiger partial charge < -0.3 is 4.74 Å². The van der Waals surface area contributed by atoms with Crippen molar-refractivity contribution in [3.05, 3.63) is 77.0 Å². The van der Waals surface area contributed by atoms with E-state index in [9.17, 15) is 22.8 Å². The SMILES string of the molecule is O=C1OCC2=C1[C@H](c1ccccc1)CC(=O)N2c1cccc(C(F)(F)F)c1. The fourth-order valence-corrected chi connectivity index (χ4v) is 3.55. The van der Waals surface area contributed by atoms with E-state index in [1.807, 2.05) is 18.2 Å². The second kappa shape index (κ2) is 6.26. The van der Waals surface area contributed by atoms with Crippen molar-refractivity contribution in [1.82, 2.24) is 0 Å². The lowest BCUT2D eigenvalue weighted by Crippen LogP contribution is -2.37. The predicted molar refractivity (Wildman–Crippen MR) is 90.7 cm³/mol. The number of halogens is 3. The Labute approximate surface area is 152 Å². The van der Waals surface area contributed by atoms with Crippen LogP contribution >= 0.6 is 0 Å². The number of carbonyl (C=O) groups excluding carboxylic acids is 2. The topological polar surface area (TPSA) is 46.6 Å². The molecule has 4 nitrogen and oxygen atoms in total. The zero-order chi connectivity index (χ0) is 19.2. The molecule has 0 saturated carbocycles. The highest BCUT2D eigenvalue weighted by molar-refractivity contribution is 6.06. The molecule has 0 unspecified atom stereocenters. The Balaban J connectivity index is 1.82. The van der Waals surface area contributed by atoms with Crippen LogP contribution in [0.3, 0.4) is 0 Å². The van der Waals surface area contributed by atoms with Crippen molar-refractivity contribution in [3.8, 4) is 0 Å². The summed E-state index contributed by atoms with van der Waals surface area (Å²) in [4.78, 5) is 26.3. The van der Waals surface area contributed by atoms with Gasteiger partial charge in [-0.3, -0.25) is 9.69 Å². The molecule has 138 valence electrons. The second-order valence-corrected chi connectivity index (χ2v) is 6.38. The number of hydrogen-bond acceptors (Lipinski definition) is 3. The Hall–Kier alpha value is -3.09. The van der Waals surface area contributed by atoms with Gasteiger partial charge in [0.2, 0.25) is 5.91 Å². The minimum Gasteiger partial charge on any atom is -0.456 e. The van der Waals surface area contributed by atoms with Crippen molar-refractivity contribution in [2.45, 2.75) is 18.5 Å². The molecule has 2 aromatic rings. The Kier molecular flexibility index (Phi) is 4.02. The van der Waals surface area contributed by atoms with Gasteiger partial charge in [-0.05, 0) is 23.8 Å². The number of alkyl halides is 3. The highest BCUT2D eigenvalue weighted by atomic mass is 19.4. The largest absolute Gasteiger partial charge is 0.456 e. The second-order valence-electron chi connectivity index (χ2n) is 6.38. The molecule has 1 atom stereocenters. The summed E-state index contributed by atoms with van der Waals surface area (Å²) in [5.41, 5.74) is 0.654. The van der Waals surface area contributed by atoms with Crippen LogP contribution in [0.1, 0.15) is 23.5 Å². The van der Waals surface area contributed by atoms with Crippen LogP contribution in [0, 0.1) is 0 Å². The van der Waals surface area contributed by atoms with Crippen LogP contribution in [0.25, 0.3) is 0 Å². The number of nitrogens with zero attached hydrogens (tertiary/aromatic N) is 1. The molecule has 0 saturated heterocycles. The Bertz CT molecular complexity index is 950. The third-order valence-electron chi connectivity index (χ3n) is 4.75. The molecule has 0 spiro atoms. The Morgan fingerprint density at radius 1 is 1.00 bits per heavy atom. The first-order valence-corrected chi connectivity index (χ1v) is 8.31. The van der Waals surface area contributed by atoms with E-state index in [0.29, 0.717) is 11.3 Å². The molecule has 27 heavy (non-hydrogen) atoms. The van der Waals surface area contributed by atoms with Crippen molar-refractivity contribution in [2.24, 2.45) is 0 Å². The molecule has 2 aromatic carbocycles. The summed E-state index contributed by atoms with van der Waals surface area (Å²) in [6, 6.07) is 13.6. The first-order valence-electron chi connectivity index (χ1n) is 8.31. The van der Waals surface area contributed by atoms with Crippen LogP contribution in [0.2, 0.25) is 0 Å². The average molecular weight is 373 g/mol. The highest BCUT2D eigenvalue weighted by Gasteiger charge is 2.43. The van der Waals surface area contributed by atoms with Gasteiger partial charge in [-0.15, -0.1) is 0 Å². The number of esters is 1. The lowest BCUT2D eigenvalue weighted by molar-refractivity contribution is -0.138. The number of amides is 1. The molecule has 4 rings (SSSR count). The summed E-state index contributed by atoms with van der Waals surface area (Å²) in [5, 5.41) is 0. The maximum atomic E-state index is 13.1. The first-order chi connectivity index (χ1) is 12.9. The smallest absolute Gasteiger partial charge is 0.416 e. The minimum atomic E-state index is -4.53. The lowest BCUT2D eigenvalue weighted by Gasteiger charge is -2.32. The normalized spacial score (nSPS) is 20.0. The van der Waals surface area contributed by atoms with Crippen LogP contribution < -0.4 is 4.90 Å². The third-order valence-corrected chi connectivity index (χ3v) is 4.75. The predicted octanol–water partition coefficient (Wildman–Crippen LogP) is 4.04. The van der Waals surface area contributed by atoms with Crippen molar-refractivity contribution in [2.75, 3.05) is 11.5 Å². The van der Waals surface area contributed by atoms with Gasteiger partial charge in [0, 0.05) is 18.0 Å². The Morgan fingerprint density at radius 3 is 2.44 bits per heavy atom. The molecule has 2 heterocycles. The number of anilines is 1. The third kappa shape index (κ3) is 2.99. The summed E-state index contributed by atoms with van der Waals surface area (Å²) in [7, 11) is 0. The Morgan fingerprint density at radius 2 is 1.74 bits per heavy atom. The van der Waals surface area contributed by atoms with Gasteiger partial charge in [-0.2, -0.15) is 13.2 Å². The van der Waals surface area contributed by atoms with Gasteiger partial charge in [0.1, 0.15) is 6.61 Å². The number of cyclic esters (lactones) is 1. The molecule has 0 N–H and O–H groups in total. The van der Waals surface area contributed by atoms with Crippen molar-refractivity contribution in [1.29, 1.82) is 0 Å². The van der Waals surface area contributed by atoms with Crippen molar-refractivity contribution >= 4 is 17.6 Å². The molecular formula is C20H14F3NO3. The van der Waals surface area contributed by atoms with Gasteiger partial charge in [0.15, 0.2) is 0 Å². The minimum absolute atomic E-state index is 0.0197. The number of benzene rings is 2. The molecular weight excluding hydrogens is 359 g/mol. The summed E-state index contributed by atoms with van der Waals surface area (Å²) >= 11 is 0. The zero-order valence-electron chi connectivity index (χ0n) is 14.0. The van der Waals surface area contributed by atoms with Crippen LogP contribution in [-0.4, -0.2) is 18.5 Å². The summed E-state index contributed by atoms with van der Waals surface area (Å²) < 4.78 is 44.3. The standard InChI is InChI=1S/C20H14F3NO3/c21-20(22,23)13-7-4-8-14(9-13)24-16-11-27-19(26)18(16)15(10-17(24)25)12-5-2-1-3-6-12/h1-9,15H,10-11H2/t15-/m0/s1. The molecule has 0 fully saturated rings. The number of carbonyl (C=O) groups is 2. The zero-order valence-corrected chi connectivity index (χ0v) is 14.0. The molecule has 0 bridgehead atoms. The monoisotopic (exact) mass is 373 g/mol. The molecule has 0 aliphatic carbocycles. The van der Waals surface area contributed by atoms with Crippen LogP contribution in [0.4, 0.5) is 18.9 Å². The van der Waals surface area contributed by atoms with Gasteiger partial charge in [-0.1, -0.05) is 36.4 Å². The van der Waals surface area contributed by atoms with Gasteiger partial charge in [0.25, 0.3) is 0 Å². The van der Waals surface area contributed by atoms with Crippen LogP contribution in [0.15, 0.2) is 65.9 Å². The van der Waals surface area contributed by atoms with Crippen LogP contribution in [-0.2, 0) is 20.5 Å². The van der Waals surface area contributed by atoms with E-state index in [-0.39, 0.29) is 24.6 Å². The van der Waals surface area contributed by atoms with Gasteiger partial charge in [0.05, 0.1) is 16.8 Å². The molecule has 7 heteroatoms. The van der Waals surface area contributed by atoms with Crippen LogP contribution in [0.5, 0.6) is 0 Å². The molecule has 0 aromatic heterocycles. The quantitative estimate of drug-likeness (QED) is 0.747. The lowest BCUT2D eigenvalue weighted by atomic mass is 9.84. The van der Waals surface area contributed by atoms with E-state index in [1.54, 1.807) is 12.1 Å². The number of hydrogen-bond donors (Lipinski definition) is 0. The van der Waals surface area contributed by atoms with E-state index in [2.05, 4.69) is 0 Å². The summed E-state index contributed by atoms with van der Waals surface area (Å²) in [5.74, 6) is -1.38. The van der Waals surface area contributed by atoms with Gasteiger partial charge >= 0.3 is 12.1 Å². The molecule has 1 amide bonds. The molecule has 2 aliphatic rings. The maximum Gasteiger partial charge on any atom is 0.416 e. The fraction of sp³-hybridized carbons (Fsp3) is 0.200. The fourth-order valence-electron chi connectivity index (χ4n) is 3.55. The molecule has 0 radical (unpaired) electrons. The average Bonchev–Trinajstić information content (AvgIpc) is 3.03. The van der Waals surface area contributed by atoms with E-state index in [1.165, 1.54) is 17.0 Å².